The Morgan fingerprint density at radius 1 is 1.16 bits per heavy atom. The number of allylic oxidation sites excluding steroid dienone is 2. The molecule has 0 aromatic heterocycles. The zero-order chi connectivity index (χ0) is 28.4. The van der Waals surface area contributed by atoms with Crippen LogP contribution >= 0.6 is 0 Å². The van der Waals surface area contributed by atoms with Crippen molar-refractivity contribution in [1.82, 2.24) is 0 Å². The lowest BCUT2D eigenvalue weighted by molar-refractivity contribution is -0.396. The molecule has 0 amide bonds. The first-order chi connectivity index (χ1) is 17.8. The SMILES string of the molecule is CCOC(=O)C1=C(C)OC(N)=C(C#N)C1c1ccc(Oc2c([N+](=O)[O-])cc(C(F)(F)F)cc2[N+](=O)[O-])cc1. The molecule has 1 unspecified atom stereocenters. The number of nitro benzene ring substituents is 2. The van der Waals surface area contributed by atoms with E-state index in [1.54, 1.807) is 6.92 Å². The van der Waals surface area contributed by atoms with Gasteiger partial charge in [-0.2, -0.15) is 18.4 Å². The summed E-state index contributed by atoms with van der Waals surface area (Å²) < 4.78 is 55.1. The molecular weight excluding hydrogens is 517 g/mol. The quantitative estimate of drug-likeness (QED) is 0.290. The Hall–Kier alpha value is -5.13. The molecule has 0 saturated heterocycles. The van der Waals surface area contributed by atoms with Crippen LogP contribution in [-0.4, -0.2) is 22.4 Å². The van der Waals surface area contributed by atoms with Crippen molar-refractivity contribution in [3.05, 3.63) is 90.5 Å². The maximum Gasteiger partial charge on any atom is 0.416 e. The number of benzene rings is 2. The number of alkyl halides is 3. The lowest BCUT2D eigenvalue weighted by Crippen LogP contribution is -2.25. The van der Waals surface area contributed by atoms with Crippen LogP contribution < -0.4 is 10.5 Å². The van der Waals surface area contributed by atoms with Crippen molar-refractivity contribution in [3.63, 3.8) is 0 Å². The number of hydrogen-bond acceptors (Lipinski definition) is 10. The summed E-state index contributed by atoms with van der Waals surface area (Å²) in [6.07, 6.45) is -5.09. The van der Waals surface area contributed by atoms with Crippen LogP contribution in [0.5, 0.6) is 11.5 Å². The van der Waals surface area contributed by atoms with Gasteiger partial charge in [0.2, 0.25) is 5.88 Å². The molecule has 3 rings (SSSR count). The Kier molecular flexibility index (Phi) is 7.56. The first-order valence-electron chi connectivity index (χ1n) is 10.6. The summed E-state index contributed by atoms with van der Waals surface area (Å²) in [6, 6.07) is 7.20. The molecule has 0 fully saturated rings. The van der Waals surface area contributed by atoms with Crippen LogP contribution in [0.1, 0.15) is 30.9 Å². The average molecular weight is 534 g/mol. The van der Waals surface area contributed by atoms with E-state index in [0.717, 1.165) is 0 Å². The zero-order valence-corrected chi connectivity index (χ0v) is 19.6. The Morgan fingerprint density at radius 3 is 2.16 bits per heavy atom. The van der Waals surface area contributed by atoms with E-state index >= 15 is 0 Å². The predicted octanol–water partition coefficient (Wildman–Crippen LogP) is 4.96. The van der Waals surface area contributed by atoms with Crippen molar-refractivity contribution in [3.8, 4) is 17.6 Å². The number of ether oxygens (including phenoxy) is 3. The minimum absolute atomic E-state index is 0.0136. The highest BCUT2D eigenvalue weighted by atomic mass is 19.4. The number of nitrogens with two attached hydrogens (primary N) is 1. The van der Waals surface area contributed by atoms with Gasteiger partial charge in [-0.25, -0.2) is 4.79 Å². The van der Waals surface area contributed by atoms with Crippen LogP contribution in [-0.2, 0) is 20.4 Å². The third-order valence-electron chi connectivity index (χ3n) is 5.30. The molecule has 15 heteroatoms. The van der Waals surface area contributed by atoms with Gasteiger partial charge in [0.15, 0.2) is 0 Å². The molecule has 0 bridgehead atoms. The van der Waals surface area contributed by atoms with Crippen LogP contribution in [0, 0.1) is 31.6 Å². The second-order valence-corrected chi connectivity index (χ2v) is 7.64. The van der Waals surface area contributed by atoms with Crippen LogP contribution in [0.15, 0.2) is 59.2 Å². The van der Waals surface area contributed by atoms with Crippen LogP contribution in [0.2, 0.25) is 0 Å². The summed E-state index contributed by atoms with van der Waals surface area (Å²) in [5.74, 6) is -3.21. The highest BCUT2D eigenvalue weighted by Gasteiger charge is 2.39. The molecule has 1 aliphatic heterocycles. The molecule has 2 aromatic carbocycles. The number of carbonyl (C=O) groups is 1. The summed E-state index contributed by atoms with van der Waals surface area (Å²) in [6.45, 7) is 3.05. The lowest BCUT2D eigenvalue weighted by atomic mass is 9.83. The van der Waals surface area contributed by atoms with E-state index in [-0.39, 0.29) is 47.3 Å². The molecule has 2 N–H and O–H groups in total. The Labute approximate surface area is 211 Å². The molecule has 38 heavy (non-hydrogen) atoms. The van der Waals surface area contributed by atoms with E-state index < -0.39 is 50.6 Å². The minimum atomic E-state index is -5.09. The highest BCUT2D eigenvalue weighted by molar-refractivity contribution is 5.92. The highest BCUT2D eigenvalue weighted by Crippen LogP contribution is 2.45. The molecule has 2 aromatic rings. The second-order valence-electron chi connectivity index (χ2n) is 7.64. The number of rotatable bonds is 7. The fourth-order valence-electron chi connectivity index (χ4n) is 3.67. The maximum atomic E-state index is 13.1. The van der Waals surface area contributed by atoms with Crippen molar-refractivity contribution in [2.24, 2.45) is 5.73 Å². The van der Waals surface area contributed by atoms with Gasteiger partial charge in [0.05, 0.1) is 33.5 Å². The van der Waals surface area contributed by atoms with Crippen LogP contribution in [0.4, 0.5) is 24.5 Å². The second kappa shape index (κ2) is 10.5. The Balaban J connectivity index is 2.08. The molecule has 198 valence electrons. The zero-order valence-electron chi connectivity index (χ0n) is 19.6. The van der Waals surface area contributed by atoms with E-state index in [9.17, 15) is 43.5 Å². The molecule has 1 heterocycles. The number of nitro groups is 2. The average Bonchev–Trinajstić information content (AvgIpc) is 2.83. The van der Waals surface area contributed by atoms with Gasteiger partial charge in [-0.05, 0) is 31.5 Å². The normalized spacial score (nSPS) is 15.4. The first kappa shape index (κ1) is 27.5. The van der Waals surface area contributed by atoms with Crippen molar-refractivity contribution < 1.29 is 42.0 Å². The molecule has 12 nitrogen and oxygen atoms in total. The van der Waals surface area contributed by atoms with Crippen molar-refractivity contribution in [1.29, 1.82) is 5.26 Å². The van der Waals surface area contributed by atoms with Gasteiger partial charge in [-0.15, -0.1) is 0 Å². The lowest BCUT2D eigenvalue weighted by Gasteiger charge is -2.26. The van der Waals surface area contributed by atoms with Crippen molar-refractivity contribution >= 4 is 17.3 Å². The number of esters is 1. The minimum Gasteiger partial charge on any atom is -0.463 e. The third-order valence-corrected chi connectivity index (χ3v) is 5.30. The van der Waals surface area contributed by atoms with Crippen LogP contribution in [0.3, 0.4) is 0 Å². The summed E-state index contributed by atoms with van der Waals surface area (Å²) >= 11 is 0. The molecule has 1 aliphatic rings. The maximum absolute atomic E-state index is 13.1. The van der Waals surface area contributed by atoms with E-state index in [2.05, 4.69) is 0 Å². The monoisotopic (exact) mass is 534 g/mol. The molecule has 0 spiro atoms. The predicted molar refractivity (Wildman–Crippen MR) is 121 cm³/mol. The van der Waals surface area contributed by atoms with E-state index in [0.29, 0.717) is 5.56 Å². The standard InChI is InChI=1S/C23H17F3N4O8/c1-3-36-22(31)18-11(2)37-21(28)15(10-27)19(18)12-4-6-14(7-5-12)38-20-16(29(32)33)8-13(23(24,25)26)9-17(20)30(34)35/h4-9,19H,3,28H2,1-2H3. The molecule has 0 saturated carbocycles. The van der Waals surface area contributed by atoms with Gasteiger partial charge >= 0.3 is 23.5 Å². The summed E-state index contributed by atoms with van der Waals surface area (Å²) in [5, 5.41) is 32.5. The van der Waals surface area contributed by atoms with Gasteiger partial charge in [0.1, 0.15) is 23.2 Å². The van der Waals surface area contributed by atoms with Gasteiger partial charge in [-0.3, -0.25) is 20.2 Å². The summed E-state index contributed by atoms with van der Waals surface area (Å²) in [5.41, 5.74) is 1.86. The smallest absolute Gasteiger partial charge is 0.416 e. The largest absolute Gasteiger partial charge is 0.463 e. The fraction of sp³-hybridized carbons (Fsp3) is 0.217. The van der Waals surface area contributed by atoms with Crippen LogP contribution in [0.25, 0.3) is 0 Å². The number of nitriles is 1. The van der Waals surface area contributed by atoms with E-state index in [1.165, 1.54) is 31.2 Å². The number of carbonyl (C=O) groups excluding carboxylic acids is 1. The van der Waals surface area contributed by atoms with Crippen molar-refractivity contribution in [2.75, 3.05) is 6.61 Å². The molecular formula is C23H17F3N4O8. The molecule has 0 aliphatic carbocycles. The van der Waals surface area contributed by atoms with Gasteiger partial charge in [0.25, 0.3) is 5.75 Å². The Morgan fingerprint density at radius 2 is 1.71 bits per heavy atom. The van der Waals surface area contributed by atoms with Gasteiger partial charge < -0.3 is 19.9 Å². The van der Waals surface area contributed by atoms with E-state index in [4.69, 9.17) is 19.9 Å². The summed E-state index contributed by atoms with van der Waals surface area (Å²) in [4.78, 5) is 33.0. The number of nitrogens with zero attached hydrogens (tertiary/aromatic N) is 3. The van der Waals surface area contributed by atoms with Crippen molar-refractivity contribution in [2.45, 2.75) is 25.9 Å². The van der Waals surface area contributed by atoms with Gasteiger partial charge in [0, 0.05) is 12.1 Å². The molecule has 0 radical (unpaired) electrons. The topological polar surface area (TPSA) is 181 Å². The number of hydrogen-bond donors (Lipinski definition) is 1. The fourth-order valence-corrected chi connectivity index (χ4v) is 3.67. The van der Waals surface area contributed by atoms with Gasteiger partial charge in [-0.1, -0.05) is 12.1 Å². The number of halogens is 3. The molecule has 1 atom stereocenters. The Bertz CT molecular complexity index is 1390. The summed E-state index contributed by atoms with van der Waals surface area (Å²) in [7, 11) is 0. The third kappa shape index (κ3) is 5.33. The first-order valence-corrected chi connectivity index (χ1v) is 10.6. The van der Waals surface area contributed by atoms with E-state index in [1.807, 2.05) is 6.07 Å².